The fourth-order valence-corrected chi connectivity index (χ4v) is 2.25. The number of anilines is 1. The van der Waals surface area contributed by atoms with Crippen LogP contribution in [0.25, 0.3) is 10.9 Å². The molecule has 0 unspecified atom stereocenters. The zero-order chi connectivity index (χ0) is 12.0. The number of nitrogen functional groups attached to an aromatic ring is 1. The number of hydrogen-bond donors (Lipinski definition) is 3. The second-order valence-electron chi connectivity index (χ2n) is 4.06. The molecule has 1 aliphatic rings. The number of hydrazone groups is 1. The van der Waals surface area contributed by atoms with E-state index in [1.54, 1.807) is 12.3 Å². The first-order chi connectivity index (χ1) is 8.20. The number of aromatic nitrogens is 1. The number of amides is 1. The van der Waals surface area contributed by atoms with Crippen molar-refractivity contribution in [2.24, 2.45) is 5.10 Å². The van der Waals surface area contributed by atoms with Crippen molar-refractivity contribution in [3.05, 3.63) is 29.0 Å². The molecular formula is C12H13ClN4O. The molecule has 2 aromatic rings. The number of nitrogens with zero attached hydrogens (tertiary/aromatic N) is 1. The number of aryl methyl sites for hydroxylation is 1. The third kappa shape index (κ3) is 1.64. The Labute approximate surface area is 110 Å². The van der Waals surface area contributed by atoms with E-state index in [9.17, 15) is 4.79 Å². The first kappa shape index (κ1) is 12.4. The van der Waals surface area contributed by atoms with Crippen LogP contribution in [0, 0.1) is 0 Å². The molecule has 0 radical (unpaired) electrons. The van der Waals surface area contributed by atoms with Gasteiger partial charge < -0.3 is 10.7 Å². The lowest BCUT2D eigenvalue weighted by molar-refractivity contribution is 0.0957. The molecule has 94 valence electrons. The van der Waals surface area contributed by atoms with Gasteiger partial charge in [0, 0.05) is 27.8 Å². The van der Waals surface area contributed by atoms with Gasteiger partial charge in [0.15, 0.2) is 0 Å². The van der Waals surface area contributed by atoms with Gasteiger partial charge in [-0.1, -0.05) is 6.92 Å². The number of halogens is 1. The Hall–Kier alpha value is -2.01. The van der Waals surface area contributed by atoms with Gasteiger partial charge in [0.25, 0.3) is 5.91 Å². The average molecular weight is 265 g/mol. The third-order valence-corrected chi connectivity index (χ3v) is 3.00. The molecule has 1 aromatic heterocycles. The predicted molar refractivity (Wildman–Crippen MR) is 74.4 cm³/mol. The van der Waals surface area contributed by atoms with Gasteiger partial charge in [-0.05, 0) is 18.6 Å². The van der Waals surface area contributed by atoms with Gasteiger partial charge in [-0.15, -0.1) is 12.4 Å². The van der Waals surface area contributed by atoms with E-state index < -0.39 is 0 Å². The second-order valence-corrected chi connectivity index (χ2v) is 4.06. The van der Waals surface area contributed by atoms with Crippen LogP contribution in [0.1, 0.15) is 28.5 Å². The van der Waals surface area contributed by atoms with Gasteiger partial charge in [0.2, 0.25) is 0 Å². The minimum atomic E-state index is -0.223. The zero-order valence-electron chi connectivity index (χ0n) is 9.78. The number of nitrogens with one attached hydrogen (secondary N) is 2. The molecular weight excluding hydrogens is 252 g/mol. The van der Waals surface area contributed by atoms with Crippen LogP contribution in [0.4, 0.5) is 5.69 Å². The highest BCUT2D eigenvalue weighted by Crippen LogP contribution is 2.28. The summed E-state index contributed by atoms with van der Waals surface area (Å²) in [7, 11) is 0. The van der Waals surface area contributed by atoms with Gasteiger partial charge in [0.05, 0.1) is 11.8 Å². The molecule has 3 rings (SSSR count). The predicted octanol–water partition coefficient (Wildman–Crippen LogP) is 1.81. The normalized spacial score (nSPS) is 13.1. The lowest BCUT2D eigenvalue weighted by atomic mass is 10.0. The van der Waals surface area contributed by atoms with E-state index in [4.69, 9.17) is 5.73 Å². The molecule has 6 heteroatoms. The highest BCUT2D eigenvalue weighted by Gasteiger charge is 2.19. The monoisotopic (exact) mass is 264 g/mol. The Balaban J connectivity index is 0.00000120. The van der Waals surface area contributed by atoms with Gasteiger partial charge in [-0.25, -0.2) is 5.43 Å². The van der Waals surface area contributed by atoms with Crippen molar-refractivity contribution in [3.63, 3.8) is 0 Å². The summed E-state index contributed by atoms with van der Waals surface area (Å²) < 4.78 is 0. The van der Waals surface area contributed by atoms with Crippen molar-refractivity contribution < 1.29 is 4.79 Å². The summed E-state index contributed by atoms with van der Waals surface area (Å²) in [4.78, 5) is 15.1. The summed E-state index contributed by atoms with van der Waals surface area (Å²) in [6.07, 6.45) is 2.53. The largest absolute Gasteiger partial charge is 0.399 e. The number of benzene rings is 1. The molecule has 0 saturated carbocycles. The number of hydrogen-bond acceptors (Lipinski definition) is 3. The van der Waals surface area contributed by atoms with Crippen LogP contribution in [-0.4, -0.2) is 17.1 Å². The highest BCUT2D eigenvalue weighted by atomic mass is 35.5. The fraction of sp³-hybridized carbons (Fsp3) is 0.167. The van der Waals surface area contributed by atoms with E-state index >= 15 is 0 Å². The van der Waals surface area contributed by atoms with Crippen LogP contribution in [-0.2, 0) is 6.42 Å². The quantitative estimate of drug-likeness (QED) is 0.687. The van der Waals surface area contributed by atoms with Gasteiger partial charge >= 0.3 is 0 Å². The summed E-state index contributed by atoms with van der Waals surface area (Å²) in [5.74, 6) is -0.223. The number of carbonyl (C=O) groups is 1. The lowest BCUT2D eigenvalue weighted by Crippen LogP contribution is -2.16. The molecule has 0 saturated heterocycles. The van der Waals surface area contributed by atoms with E-state index in [-0.39, 0.29) is 18.3 Å². The SMILES string of the molecule is CCc1[nH]c2cc(N)cc3c2c1C=NNC3=O.Cl. The van der Waals surface area contributed by atoms with E-state index in [1.165, 1.54) is 0 Å². The molecule has 1 amide bonds. The first-order valence-corrected chi connectivity index (χ1v) is 5.48. The molecule has 4 N–H and O–H groups in total. The second kappa shape index (κ2) is 4.34. The van der Waals surface area contributed by atoms with Crippen LogP contribution in [0.2, 0.25) is 0 Å². The molecule has 1 aromatic carbocycles. The van der Waals surface area contributed by atoms with Crippen LogP contribution in [0.15, 0.2) is 17.2 Å². The first-order valence-electron chi connectivity index (χ1n) is 5.48. The smallest absolute Gasteiger partial charge is 0.272 e. The average Bonchev–Trinajstić information content (AvgIpc) is 2.56. The minimum Gasteiger partial charge on any atom is -0.399 e. The molecule has 0 fully saturated rings. The maximum absolute atomic E-state index is 11.8. The topological polar surface area (TPSA) is 83.3 Å². The van der Waals surface area contributed by atoms with Crippen molar-refractivity contribution in [1.29, 1.82) is 0 Å². The van der Waals surface area contributed by atoms with Crippen molar-refractivity contribution >= 4 is 41.1 Å². The van der Waals surface area contributed by atoms with E-state index in [1.807, 2.05) is 6.07 Å². The Morgan fingerprint density at radius 3 is 2.89 bits per heavy atom. The van der Waals surface area contributed by atoms with Crippen molar-refractivity contribution in [2.45, 2.75) is 13.3 Å². The molecule has 1 aliphatic heterocycles. The number of rotatable bonds is 1. The number of H-pyrrole nitrogens is 1. The summed E-state index contributed by atoms with van der Waals surface area (Å²) in [5, 5.41) is 4.81. The summed E-state index contributed by atoms with van der Waals surface area (Å²) in [6.45, 7) is 2.05. The van der Waals surface area contributed by atoms with E-state index in [0.717, 1.165) is 28.6 Å². The van der Waals surface area contributed by atoms with E-state index in [0.29, 0.717) is 11.3 Å². The molecule has 0 aliphatic carbocycles. The van der Waals surface area contributed by atoms with Gasteiger partial charge in [-0.2, -0.15) is 5.10 Å². The summed E-state index contributed by atoms with van der Waals surface area (Å²) in [5.41, 5.74) is 12.3. The van der Waals surface area contributed by atoms with Crippen molar-refractivity contribution in [2.75, 3.05) is 5.73 Å². The third-order valence-electron chi connectivity index (χ3n) is 3.00. The van der Waals surface area contributed by atoms with Crippen LogP contribution in [0.5, 0.6) is 0 Å². The van der Waals surface area contributed by atoms with Crippen molar-refractivity contribution in [1.82, 2.24) is 10.4 Å². The standard InChI is InChI=1S/C12H12N4O.ClH/c1-2-9-8-5-14-16-12(17)7-3-6(13)4-10(15-9)11(7)8;/h3-5,15H,2,13H2,1H3,(H,16,17);1H. The Bertz CT molecular complexity index is 660. The Morgan fingerprint density at radius 2 is 2.17 bits per heavy atom. The van der Waals surface area contributed by atoms with Gasteiger partial charge in [-0.3, -0.25) is 4.79 Å². The highest BCUT2D eigenvalue weighted by molar-refractivity contribution is 6.15. The minimum absolute atomic E-state index is 0. The molecule has 0 bridgehead atoms. The van der Waals surface area contributed by atoms with Gasteiger partial charge in [0.1, 0.15) is 0 Å². The molecule has 2 heterocycles. The van der Waals surface area contributed by atoms with Crippen molar-refractivity contribution in [3.8, 4) is 0 Å². The van der Waals surface area contributed by atoms with Crippen LogP contribution >= 0.6 is 12.4 Å². The summed E-state index contributed by atoms with van der Waals surface area (Å²) in [6, 6.07) is 3.52. The molecule has 0 atom stereocenters. The molecule has 0 spiro atoms. The molecule has 18 heavy (non-hydrogen) atoms. The maximum atomic E-state index is 11.8. The lowest BCUT2D eigenvalue weighted by Gasteiger charge is -2.02. The summed E-state index contributed by atoms with van der Waals surface area (Å²) >= 11 is 0. The Morgan fingerprint density at radius 1 is 1.39 bits per heavy atom. The zero-order valence-corrected chi connectivity index (χ0v) is 10.6. The number of aromatic amines is 1. The number of nitrogens with two attached hydrogens (primary N) is 1. The maximum Gasteiger partial charge on any atom is 0.272 e. The Kier molecular flexibility index (Phi) is 3.00. The van der Waals surface area contributed by atoms with Crippen LogP contribution in [0.3, 0.4) is 0 Å². The molecule has 5 nitrogen and oxygen atoms in total. The van der Waals surface area contributed by atoms with Crippen LogP contribution < -0.4 is 11.2 Å². The fourth-order valence-electron chi connectivity index (χ4n) is 2.25. The number of carbonyl (C=O) groups excluding carboxylic acids is 1. The van der Waals surface area contributed by atoms with E-state index in [2.05, 4.69) is 22.4 Å².